The zero-order valence-corrected chi connectivity index (χ0v) is 21.4. The van der Waals surface area contributed by atoms with E-state index in [2.05, 4.69) is 4.74 Å². The lowest BCUT2D eigenvalue weighted by Crippen LogP contribution is -2.35. The normalized spacial score (nSPS) is 13.7. The first kappa shape index (κ1) is 36.3. The van der Waals surface area contributed by atoms with Gasteiger partial charge < -0.3 is 14.4 Å². The van der Waals surface area contributed by atoms with Gasteiger partial charge in [0.2, 0.25) is 0 Å². The summed E-state index contributed by atoms with van der Waals surface area (Å²) in [6.45, 7) is -0.379. The highest BCUT2D eigenvalue weighted by atomic mass is 19.4. The van der Waals surface area contributed by atoms with Gasteiger partial charge in [-0.15, -0.1) is 0 Å². The molecule has 0 bridgehead atoms. The molecule has 0 saturated carbocycles. The van der Waals surface area contributed by atoms with Crippen LogP contribution in [0.2, 0.25) is 0 Å². The van der Waals surface area contributed by atoms with Crippen molar-refractivity contribution in [2.75, 3.05) is 24.6 Å². The Hall–Kier alpha value is -3.85. The average Bonchev–Trinajstić information content (AvgIpc) is 2.90. The van der Waals surface area contributed by atoms with Gasteiger partial charge in [-0.1, -0.05) is 37.8 Å². The van der Waals surface area contributed by atoms with Crippen molar-refractivity contribution in [3.05, 3.63) is 77.9 Å². The van der Waals surface area contributed by atoms with Crippen LogP contribution < -0.4 is 14.4 Å². The molecule has 0 amide bonds. The number of anilines is 1. The lowest BCUT2D eigenvalue weighted by molar-refractivity contribution is -0.253. The van der Waals surface area contributed by atoms with Crippen molar-refractivity contribution in [1.82, 2.24) is 0 Å². The molecule has 244 valence electrons. The van der Waals surface area contributed by atoms with Crippen LogP contribution in [0.3, 0.4) is 0 Å². The monoisotopic (exact) mass is 653 g/mol. The van der Waals surface area contributed by atoms with Crippen LogP contribution in [0.25, 0.3) is 11.1 Å². The fourth-order valence-electron chi connectivity index (χ4n) is 3.83. The smallest absolute Gasteiger partial charge is 0.461 e. The van der Waals surface area contributed by atoms with E-state index in [0.29, 0.717) is 12.1 Å². The van der Waals surface area contributed by atoms with Crippen LogP contribution in [0.5, 0.6) is 11.5 Å². The van der Waals surface area contributed by atoms with Gasteiger partial charge in [0.15, 0.2) is 0 Å². The van der Waals surface area contributed by atoms with E-state index >= 15 is 0 Å². The van der Waals surface area contributed by atoms with Crippen LogP contribution in [0.15, 0.2) is 66.7 Å². The van der Waals surface area contributed by atoms with Crippen molar-refractivity contribution in [1.29, 1.82) is 0 Å². The second-order valence-corrected chi connectivity index (χ2v) is 8.93. The Balaban J connectivity index is 0.000000406. The van der Waals surface area contributed by atoms with Crippen LogP contribution in [-0.2, 0) is 12.4 Å². The van der Waals surface area contributed by atoms with E-state index in [1.165, 1.54) is 47.4 Å². The van der Waals surface area contributed by atoms with Crippen LogP contribution in [0.1, 0.15) is 25.0 Å². The van der Waals surface area contributed by atoms with Gasteiger partial charge in [-0.2, -0.15) is 57.1 Å². The molecule has 0 atom stereocenters. The Morgan fingerprint density at radius 3 is 1.82 bits per heavy atom. The molecule has 0 N–H and O–H groups in total. The van der Waals surface area contributed by atoms with E-state index in [4.69, 9.17) is 4.74 Å². The average molecular weight is 653 g/mol. The molecular formula is C28H24F13NO2. The third-order valence-corrected chi connectivity index (χ3v) is 5.76. The molecule has 0 unspecified atom stereocenters. The minimum Gasteiger partial charge on any atom is -0.489 e. The Morgan fingerprint density at radius 2 is 1.32 bits per heavy atom. The maximum atomic E-state index is 13.2. The summed E-state index contributed by atoms with van der Waals surface area (Å²) in [6.07, 6.45) is -23.8. The molecule has 3 nitrogen and oxygen atoms in total. The largest absolute Gasteiger partial charge is 0.489 e. The molecule has 0 radical (unpaired) electrons. The fourth-order valence-corrected chi connectivity index (χ4v) is 3.83. The molecule has 44 heavy (non-hydrogen) atoms. The molecule has 0 spiro atoms. The number of hydrogen-bond acceptors (Lipinski definition) is 3. The Morgan fingerprint density at radius 1 is 0.750 bits per heavy atom. The van der Waals surface area contributed by atoms with E-state index in [1.54, 1.807) is 6.07 Å². The molecule has 1 aliphatic rings. The van der Waals surface area contributed by atoms with E-state index in [9.17, 15) is 57.1 Å². The third-order valence-electron chi connectivity index (χ3n) is 5.76. The summed E-state index contributed by atoms with van der Waals surface area (Å²) in [5.74, 6) is -0.342. The molecule has 0 fully saturated rings. The first-order valence-electron chi connectivity index (χ1n) is 12.1. The number of fused-ring (bicyclic) bond motifs is 1. The zero-order chi connectivity index (χ0) is 32.2. The Bertz CT molecular complexity index is 1320. The van der Waals surface area contributed by atoms with Crippen LogP contribution in [0, 0.1) is 0 Å². The molecule has 1 aliphatic heterocycles. The molecule has 0 aliphatic carbocycles. The molecule has 3 aromatic carbocycles. The van der Waals surface area contributed by atoms with E-state index in [-0.39, 0.29) is 49.4 Å². The van der Waals surface area contributed by atoms with Gasteiger partial charge in [0.25, 0.3) is 0 Å². The highest BCUT2D eigenvalue weighted by molar-refractivity contribution is 5.80. The summed E-state index contributed by atoms with van der Waals surface area (Å²) in [4.78, 5) is 1.34. The van der Waals surface area contributed by atoms with Gasteiger partial charge in [0.05, 0.1) is 29.8 Å². The minimum atomic E-state index is -5.02. The maximum absolute atomic E-state index is 13.2. The summed E-state index contributed by atoms with van der Waals surface area (Å²) < 4.78 is 174. The van der Waals surface area contributed by atoms with Crippen molar-refractivity contribution in [2.24, 2.45) is 0 Å². The predicted octanol–water partition coefficient (Wildman–Crippen LogP) is 10.1. The first-order valence-corrected chi connectivity index (χ1v) is 12.1. The number of alkyl halides is 13. The van der Waals surface area contributed by atoms with Gasteiger partial charge in [-0.3, -0.25) is 0 Å². The van der Waals surface area contributed by atoms with Crippen molar-refractivity contribution < 1.29 is 66.5 Å². The molecule has 1 heterocycles. The molecule has 3 aromatic rings. The summed E-state index contributed by atoms with van der Waals surface area (Å²) in [7, 11) is 0. The molecular weight excluding hydrogens is 629 g/mol. The quantitative estimate of drug-likeness (QED) is 0.247. The highest BCUT2D eigenvalue weighted by Gasteiger charge is 2.44. The predicted molar refractivity (Wildman–Crippen MR) is 135 cm³/mol. The summed E-state index contributed by atoms with van der Waals surface area (Å²) >= 11 is 0. The van der Waals surface area contributed by atoms with Crippen LogP contribution >= 0.6 is 0 Å². The van der Waals surface area contributed by atoms with Gasteiger partial charge in [-0.25, -0.2) is 0 Å². The topological polar surface area (TPSA) is 21.7 Å². The first-order chi connectivity index (χ1) is 19.8. The lowest BCUT2D eigenvalue weighted by atomic mass is 9.97. The van der Waals surface area contributed by atoms with Gasteiger partial charge in [-0.05, 0) is 42.0 Å². The number of nitrogens with zero attached hydrogens (tertiary/aromatic N) is 1. The second-order valence-electron chi connectivity index (χ2n) is 8.93. The maximum Gasteiger partial charge on any atom is 0.461 e. The number of hydrogen-bond donors (Lipinski definition) is 0. The number of para-hydroxylation sites is 2. The number of benzene rings is 3. The lowest BCUT2D eigenvalue weighted by Gasteiger charge is -2.33. The van der Waals surface area contributed by atoms with E-state index < -0.39 is 60.7 Å². The summed E-state index contributed by atoms with van der Waals surface area (Å²) in [5, 5.41) is 0. The van der Waals surface area contributed by atoms with Crippen LogP contribution in [0.4, 0.5) is 62.8 Å². The van der Waals surface area contributed by atoms with Crippen molar-refractivity contribution >= 4 is 5.69 Å². The standard InChI is InChI=1S/C19H14F9NO.C8H6F4O.CH4/c20-17(21,22)4-5-29-6-7-30-16-14(2-1-3-15(16)29)11-8-12(18(23,24)25)10-13(9-11)19(26,27)28;9-7(10)8(11,12)13-6-4-2-1-3-5-6;/h1-3,8-10H,4-7H2;1-5,7H;1H4. The van der Waals surface area contributed by atoms with Crippen molar-refractivity contribution in [2.45, 2.75) is 44.9 Å². The molecule has 0 saturated heterocycles. The minimum absolute atomic E-state index is 0. The fraction of sp³-hybridized carbons (Fsp3) is 0.357. The summed E-state index contributed by atoms with van der Waals surface area (Å²) in [6, 6.07) is 11.9. The highest BCUT2D eigenvalue weighted by Crippen LogP contribution is 2.44. The van der Waals surface area contributed by atoms with E-state index in [1.807, 2.05) is 0 Å². The van der Waals surface area contributed by atoms with Gasteiger partial charge in [0, 0.05) is 12.1 Å². The SMILES string of the molecule is C.FC(F)(F)CCN1CCOc2c(-c3cc(C(F)(F)F)cc(C(F)(F)F)c3)cccc21.FC(F)C(F)(F)Oc1ccccc1. The molecule has 16 heteroatoms. The third kappa shape index (κ3) is 9.84. The number of ether oxygens (including phenoxy) is 2. The van der Waals surface area contributed by atoms with Crippen LogP contribution in [-0.4, -0.2) is 38.4 Å². The molecule has 0 aromatic heterocycles. The van der Waals surface area contributed by atoms with E-state index in [0.717, 1.165) is 0 Å². The van der Waals surface area contributed by atoms with Crippen molar-refractivity contribution in [3.63, 3.8) is 0 Å². The Labute approximate surface area is 242 Å². The zero-order valence-electron chi connectivity index (χ0n) is 21.4. The van der Waals surface area contributed by atoms with Crippen molar-refractivity contribution in [3.8, 4) is 22.6 Å². The summed E-state index contributed by atoms with van der Waals surface area (Å²) in [5.41, 5.74) is -3.27. The molecule has 4 rings (SSSR count). The van der Waals surface area contributed by atoms with Gasteiger partial charge >= 0.3 is 31.1 Å². The van der Waals surface area contributed by atoms with Gasteiger partial charge in [0.1, 0.15) is 18.1 Å². The Kier molecular flexibility index (Phi) is 11.4. The number of halogens is 13. The number of rotatable bonds is 6. The second kappa shape index (κ2) is 13.8.